The maximum Gasteiger partial charge on any atom is 0.416 e. The van der Waals surface area contributed by atoms with Crippen LogP contribution >= 0.6 is 11.6 Å². The number of methoxy groups -OCH3 is 3. The van der Waals surface area contributed by atoms with Crippen molar-refractivity contribution in [2.45, 2.75) is 140 Å². The quantitative estimate of drug-likeness (QED) is 0.0206. The zero-order valence-electron chi connectivity index (χ0n) is 80.6. The minimum Gasteiger partial charge on any atom is -0.497 e. The van der Waals surface area contributed by atoms with E-state index in [4.69, 9.17) is 94.6 Å². The molecule has 0 saturated carbocycles. The van der Waals surface area contributed by atoms with Gasteiger partial charge in [-0.15, -0.1) is 0 Å². The van der Waals surface area contributed by atoms with Crippen LogP contribution in [0.5, 0.6) is 17.2 Å². The molecule has 2 aliphatic heterocycles. The molecule has 0 aliphatic carbocycles. The first kappa shape index (κ1) is 111. The van der Waals surface area contributed by atoms with Crippen molar-refractivity contribution < 1.29 is 114 Å². The van der Waals surface area contributed by atoms with Gasteiger partial charge in [-0.1, -0.05) is 97.1 Å². The third-order valence-electron chi connectivity index (χ3n) is 22.4. The first-order chi connectivity index (χ1) is 70.5. The van der Waals surface area contributed by atoms with Gasteiger partial charge in [0.25, 0.3) is 5.35 Å². The van der Waals surface area contributed by atoms with Gasteiger partial charge < -0.3 is 77.6 Å². The summed E-state index contributed by atoms with van der Waals surface area (Å²) in [6.45, 7) is 9.59. The summed E-state index contributed by atoms with van der Waals surface area (Å²) in [6.07, 6.45) is -2.17. The van der Waals surface area contributed by atoms with Crippen LogP contribution in [0.25, 0.3) is 45.3 Å². The molecule has 17 rings (SSSR count). The molecule has 7 aromatic carbocycles. The fourth-order valence-corrected chi connectivity index (χ4v) is 14.4. The van der Waals surface area contributed by atoms with E-state index >= 15 is 0 Å². The lowest BCUT2D eigenvalue weighted by Gasteiger charge is -2.21. The standard InChI is InChI=1S/C31H31F3N4O4.C24H17F3N4O2.C21H20F3N3O3.C15H14N2O.C10H5ClF3NO.C6H13NO2/c1-30(2)40-19-25(42-30)13-14-26(35)27-15-10-23(16-36-27)38(18-20-4-11-24(39-3)12-5-20)29-37-17-28(41-29)21-6-8-22(9-7-21)31(32,33)34;1-32-21-10-2-16(3-11-21)15-31(20-9-8-19(12-28)29-13-20)23-30-14-22(33-23)17-4-6-18(7-5-17)24(25,26)27;22-21(23,24)15-4-2-14(3-5-15)19-11-27-20(30-19)9-13-1-8-18(26-10-13)17(25)7-6-16(29)12-28;1-18-15-8-5-12(6-9-15)2-3-13-4-7-14(10-16)17-11-13;11-9-15-5-8(16-9)6-1-3-7(4-2-6)10(12,13)14;1-6(2)8-4-5(3-7)9-6/h4-12,15-17,25,35H,13-14,18-19H2,1-3H3;2-11,13-14H,15H2,1H3;1-5,8,10-11,16,25,28-29H,6-7,9,12H2;4-9,11H,2-3H2,1H3;1-5H;5H,3-4,7H2,1-2H3. The molecule has 148 heavy (non-hydrogen) atoms. The van der Waals surface area contributed by atoms with Crippen molar-refractivity contribution in [1.29, 1.82) is 21.3 Å². The Morgan fingerprint density at radius 2 is 0.791 bits per heavy atom. The van der Waals surface area contributed by atoms with E-state index < -0.39 is 64.6 Å². The predicted octanol–water partition coefficient (Wildman–Crippen LogP) is 24.1. The van der Waals surface area contributed by atoms with Crippen molar-refractivity contribution >= 4 is 46.4 Å². The van der Waals surface area contributed by atoms with Gasteiger partial charge in [-0.2, -0.15) is 63.2 Å². The number of ether oxygens (including phenoxy) is 7. The summed E-state index contributed by atoms with van der Waals surface area (Å²) >= 11 is 5.46. The zero-order valence-corrected chi connectivity index (χ0v) is 81.3. The Bertz CT molecular complexity index is 6830. The Morgan fingerprint density at radius 3 is 1.14 bits per heavy atom. The highest BCUT2D eigenvalue weighted by Gasteiger charge is 2.37. The molecule has 772 valence electrons. The first-order valence-corrected chi connectivity index (χ1v) is 46.0. The van der Waals surface area contributed by atoms with Crippen molar-refractivity contribution in [2.24, 2.45) is 5.73 Å². The number of benzene rings is 7. The number of nitrogens with two attached hydrogens (primary N) is 1. The van der Waals surface area contributed by atoms with Crippen LogP contribution < -0.4 is 29.7 Å². The molecule has 0 bridgehead atoms. The number of nitrogens with one attached hydrogen (secondary N) is 2. The second-order valence-electron chi connectivity index (χ2n) is 33.9. The molecule has 3 unspecified atom stereocenters. The van der Waals surface area contributed by atoms with E-state index in [1.165, 1.54) is 85.1 Å². The van der Waals surface area contributed by atoms with E-state index in [0.717, 1.165) is 89.4 Å². The highest BCUT2D eigenvalue weighted by Crippen LogP contribution is 2.40. The number of aryl methyl sites for hydroxylation is 2. The number of alkyl halides is 12. The highest BCUT2D eigenvalue weighted by atomic mass is 35.5. The van der Waals surface area contributed by atoms with Gasteiger partial charge in [0.2, 0.25) is 0 Å². The van der Waals surface area contributed by atoms with Crippen LogP contribution in [0.2, 0.25) is 5.35 Å². The molecular formula is C107H100ClF12N15O13. The van der Waals surface area contributed by atoms with Gasteiger partial charge >= 0.3 is 36.7 Å². The number of hydrogen-bond donors (Lipinski definition) is 5. The fraction of sp³-hybridized carbons (Fsp3) is 0.271. The van der Waals surface area contributed by atoms with E-state index in [1.807, 2.05) is 118 Å². The van der Waals surface area contributed by atoms with E-state index in [0.29, 0.717) is 155 Å². The molecule has 3 atom stereocenters. The second kappa shape index (κ2) is 51.0. The third kappa shape index (κ3) is 33.0. The molecular weight excluding hydrogens is 1970 g/mol. The molecule has 6 N–H and O–H groups in total. The maximum absolute atomic E-state index is 13.0. The lowest BCUT2D eigenvalue weighted by Crippen LogP contribution is -2.26. The molecule has 0 spiro atoms. The lowest BCUT2D eigenvalue weighted by molar-refractivity contribution is -0.139. The van der Waals surface area contributed by atoms with Crippen LogP contribution in [-0.2, 0) is 76.0 Å². The molecule has 2 aliphatic rings. The van der Waals surface area contributed by atoms with Crippen molar-refractivity contribution in [3.8, 4) is 74.7 Å². The summed E-state index contributed by atoms with van der Waals surface area (Å²) in [5, 5.41) is 52.3. The normalized spacial score (nSPS) is 14.2. The number of aliphatic hydroxyl groups is 2. The number of rotatable bonds is 30. The molecule has 0 radical (unpaired) electrons. The SMILES string of the molecule is CC1(C)OCC(CN)O1.COc1ccc(CCc2ccc(C#N)nc2)cc1.COc1ccc(CN(c2ccc(C#N)nc2)c2ncc(-c3ccc(C(F)(F)F)cc3)o2)cc1.COc1ccc(CN(c2ccc(C(=N)CCC3COC(C)(C)O3)nc2)c2ncc(-c3ccc(C(F)(F)F)cc3)o2)cc1.FC(F)(F)c1ccc(-c2cnc(Cl)o2)cc1.N=C(CCC(O)CO)c1ccc(Cc2ncc(-c3ccc(C(F)(F)F)cc3)o2)cn1. The number of oxazole rings is 4. The number of nitriles is 2. The molecule has 41 heteroatoms. The maximum atomic E-state index is 13.0. The van der Waals surface area contributed by atoms with Gasteiger partial charge in [0.05, 0.1) is 173 Å². The fourth-order valence-electron chi connectivity index (χ4n) is 14.3. The number of hydrogen-bond acceptors (Lipinski definition) is 28. The number of nitrogens with zero attached hydrogens (tertiary/aromatic N) is 12. The zero-order chi connectivity index (χ0) is 107. The van der Waals surface area contributed by atoms with Gasteiger partial charge in [0.1, 0.15) is 40.8 Å². The number of anilines is 4. The lowest BCUT2D eigenvalue weighted by atomic mass is 10.1. The minimum atomic E-state index is -4.43. The summed E-state index contributed by atoms with van der Waals surface area (Å²) in [4.78, 5) is 37.1. The van der Waals surface area contributed by atoms with Gasteiger partial charge in [-0.25, -0.2) is 29.9 Å². The second-order valence-corrected chi connectivity index (χ2v) is 34.3. The first-order valence-electron chi connectivity index (χ1n) is 45.6. The molecule has 28 nitrogen and oxygen atoms in total. The predicted molar refractivity (Wildman–Crippen MR) is 524 cm³/mol. The summed E-state index contributed by atoms with van der Waals surface area (Å²) in [5.41, 5.74) is 13.1. The van der Waals surface area contributed by atoms with Gasteiger partial charge in [0, 0.05) is 41.2 Å². The van der Waals surface area contributed by atoms with Gasteiger partial charge in [-0.05, 0) is 227 Å². The molecule has 2 saturated heterocycles. The molecule has 10 heterocycles. The Labute approximate surface area is 847 Å². The van der Waals surface area contributed by atoms with E-state index in [2.05, 4.69) is 52.0 Å². The van der Waals surface area contributed by atoms with E-state index in [1.54, 1.807) is 81.2 Å². The van der Waals surface area contributed by atoms with E-state index in [-0.39, 0.29) is 54.0 Å². The Hall–Kier alpha value is -15.5. The van der Waals surface area contributed by atoms with Crippen molar-refractivity contribution in [1.82, 2.24) is 39.9 Å². The number of halogens is 13. The van der Waals surface area contributed by atoms with Gasteiger partial charge in [-0.3, -0.25) is 19.8 Å². The van der Waals surface area contributed by atoms with Crippen LogP contribution in [0.4, 0.5) is 76.1 Å². The largest absolute Gasteiger partial charge is 0.497 e. The van der Waals surface area contributed by atoms with Crippen LogP contribution in [0.3, 0.4) is 0 Å². The molecule has 0 amide bonds. The van der Waals surface area contributed by atoms with Crippen molar-refractivity contribution in [3.63, 3.8) is 0 Å². The minimum absolute atomic E-state index is 0.0464. The monoisotopic (exact) mass is 2070 g/mol. The Balaban J connectivity index is 0.000000166. The van der Waals surface area contributed by atoms with Crippen molar-refractivity contribution in [3.05, 3.63) is 352 Å². The summed E-state index contributed by atoms with van der Waals surface area (Å²) in [7, 11) is 4.84. The van der Waals surface area contributed by atoms with Crippen LogP contribution in [0.1, 0.15) is 132 Å². The Kier molecular flexibility index (Phi) is 38.3. The molecule has 15 aromatic rings. The van der Waals surface area contributed by atoms with Crippen LogP contribution in [0, 0.1) is 33.5 Å². The highest BCUT2D eigenvalue weighted by molar-refractivity contribution is 6.27. The van der Waals surface area contributed by atoms with Gasteiger partial charge in [0.15, 0.2) is 40.5 Å². The topological polar surface area (TPSA) is 389 Å². The van der Waals surface area contributed by atoms with Crippen molar-refractivity contribution in [2.75, 3.05) is 57.5 Å². The summed E-state index contributed by atoms with van der Waals surface area (Å²) in [5.74, 6) is 3.02. The van der Waals surface area contributed by atoms with Crippen LogP contribution in [-0.4, -0.2) is 139 Å². The van der Waals surface area contributed by atoms with Crippen LogP contribution in [0.15, 0.2) is 286 Å². The Morgan fingerprint density at radius 1 is 0.432 bits per heavy atom. The smallest absolute Gasteiger partial charge is 0.416 e. The molecule has 8 aromatic heterocycles. The number of aliphatic hydroxyl groups excluding tert-OH is 2. The molecule has 2 fully saturated rings. The summed E-state index contributed by atoms with van der Waals surface area (Å²) < 4.78 is 213. The third-order valence-corrected chi connectivity index (χ3v) is 22.5. The average molecular weight is 2070 g/mol. The van der Waals surface area contributed by atoms with E-state index in [9.17, 15) is 57.8 Å². The number of aromatic nitrogens is 8. The number of pyridine rings is 4. The average Bonchev–Trinajstić information content (AvgIpc) is 1.66. The summed E-state index contributed by atoms with van der Waals surface area (Å²) in [6, 6.07) is 60.2.